The summed E-state index contributed by atoms with van der Waals surface area (Å²) < 4.78 is 0. The third-order valence-electron chi connectivity index (χ3n) is 2.72. The van der Waals surface area contributed by atoms with E-state index in [0.29, 0.717) is 13.0 Å². The van der Waals surface area contributed by atoms with Crippen LogP contribution in [0.1, 0.15) is 19.8 Å². The second-order valence-corrected chi connectivity index (χ2v) is 4.54. The number of urea groups is 1. The van der Waals surface area contributed by atoms with Crippen LogP contribution in [0, 0.1) is 0 Å². The van der Waals surface area contributed by atoms with E-state index < -0.39 is 17.7 Å². The quantitative estimate of drug-likeness (QED) is 0.508. The molecule has 0 radical (unpaired) electrons. The van der Waals surface area contributed by atoms with Gasteiger partial charge in [-0.2, -0.15) is 0 Å². The molecule has 0 aromatic carbocycles. The van der Waals surface area contributed by atoms with Crippen LogP contribution in [-0.2, 0) is 4.79 Å². The third-order valence-corrected chi connectivity index (χ3v) is 2.72. The predicted molar refractivity (Wildman–Crippen MR) is 58.5 cm³/mol. The summed E-state index contributed by atoms with van der Waals surface area (Å²) in [4.78, 5) is 23.3. The van der Waals surface area contributed by atoms with Gasteiger partial charge in [-0.05, 0) is 13.3 Å². The van der Waals surface area contributed by atoms with Gasteiger partial charge in [-0.15, -0.1) is 0 Å². The van der Waals surface area contributed by atoms with Crippen molar-refractivity contribution < 1.29 is 24.9 Å². The third kappa shape index (κ3) is 4.20. The topological polar surface area (TPSA) is 110 Å². The van der Waals surface area contributed by atoms with Crippen molar-refractivity contribution in [2.45, 2.75) is 31.5 Å². The molecule has 2 atom stereocenters. The van der Waals surface area contributed by atoms with Gasteiger partial charge < -0.3 is 25.5 Å². The summed E-state index contributed by atoms with van der Waals surface area (Å²) in [6.07, 6.45) is -0.972. The van der Waals surface area contributed by atoms with E-state index >= 15 is 0 Å². The molecule has 1 aliphatic rings. The van der Waals surface area contributed by atoms with Crippen molar-refractivity contribution in [2.75, 3.05) is 19.6 Å². The van der Waals surface area contributed by atoms with Crippen molar-refractivity contribution in [3.8, 4) is 0 Å². The first-order valence-corrected chi connectivity index (χ1v) is 5.48. The molecule has 0 spiro atoms. The molecular formula is C10H18N2O5. The number of likely N-dealkylation sites (tertiary alicyclic amines) is 1. The average molecular weight is 246 g/mol. The molecule has 2 amide bonds. The summed E-state index contributed by atoms with van der Waals surface area (Å²) in [5.74, 6) is -1.30. The van der Waals surface area contributed by atoms with E-state index in [1.807, 2.05) is 0 Å². The summed E-state index contributed by atoms with van der Waals surface area (Å²) in [7, 11) is 0. The molecule has 7 nitrogen and oxygen atoms in total. The molecular weight excluding hydrogens is 228 g/mol. The lowest BCUT2D eigenvalue weighted by molar-refractivity contribution is -0.146. The van der Waals surface area contributed by atoms with Crippen LogP contribution in [-0.4, -0.2) is 63.6 Å². The van der Waals surface area contributed by atoms with Gasteiger partial charge >= 0.3 is 12.0 Å². The smallest absolute Gasteiger partial charge is 0.332 e. The zero-order valence-electron chi connectivity index (χ0n) is 9.72. The summed E-state index contributed by atoms with van der Waals surface area (Å²) in [5, 5.41) is 29.6. The maximum atomic E-state index is 11.6. The number of hydrogen-bond donors (Lipinski definition) is 4. The molecule has 1 unspecified atom stereocenters. The largest absolute Gasteiger partial charge is 0.479 e. The van der Waals surface area contributed by atoms with E-state index in [4.69, 9.17) is 10.2 Å². The number of amides is 2. The van der Waals surface area contributed by atoms with Gasteiger partial charge in [0.2, 0.25) is 0 Å². The average Bonchev–Trinajstić information content (AvgIpc) is 2.58. The van der Waals surface area contributed by atoms with Crippen LogP contribution in [0.5, 0.6) is 0 Å². The van der Waals surface area contributed by atoms with Crippen LogP contribution in [0.3, 0.4) is 0 Å². The Morgan fingerprint density at radius 3 is 2.65 bits per heavy atom. The summed E-state index contributed by atoms with van der Waals surface area (Å²) >= 11 is 0. The van der Waals surface area contributed by atoms with E-state index in [0.717, 1.165) is 0 Å². The maximum Gasteiger partial charge on any atom is 0.332 e. The molecule has 0 bridgehead atoms. The Hall–Kier alpha value is -1.34. The summed E-state index contributed by atoms with van der Waals surface area (Å²) in [6, 6.07) is -0.347. The first-order chi connectivity index (χ1) is 7.82. The van der Waals surface area contributed by atoms with E-state index in [2.05, 4.69) is 5.32 Å². The van der Waals surface area contributed by atoms with Gasteiger partial charge in [-0.1, -0.05) is 0 Å². The van der Waals surface area contributed by atoms with Crippen molar-refractivity contribution in [2.24, 2.45) is 0 Å². The van der Waals surface area contributed by atoms with Crippen LogP contribution in [0.15, 0.2) is 0 Å². The van der Waals surface area contributed by atoms with Gasteiger partial charge in [0.05, 0.1) is 12.1 Å². The second kappa shape index (κ2) is 5.33. The Labute approximate surface area is 99.0 Å². The molecule has 0 aromatic heterocycles. The van der Waals surface area contributed by atoms with Crippen molar-refractivity contribution in [1.82, 2.24) is 10.2 Å². The number of carbonyl (C=O) groups is 2. The fourth-order valence-electron chi connectivity index (χ4n) is 1.67. The maximum absolute atomic E-state index is 11.6. The lowest BCUT2D eigenvalue weighted by atomic mass is 10.1. The standard InChI is InChI=1S/C10H18N2O5/c1-10(17)3-5-12(6-10)9(16)11-4-2-7(13)8(14)15/h7,13,17H,2-6H2,1H3,(H,11,16)(H,14,15)/t7-,10?/m0/s1. The van der Waals surface area contributed by atoms with Crippen molar-refractivity contribution in [3.05, 3.63) is 0 Å². The fourth-order valence-corrected chi connectivity index (χ4v) is 1.67. The zero-order valence-corrected chi connectivity index (χ0v) is 9.72. The van der Waals surface area contributed by atoms with Crippen molar-refractivity contribution >= 4 is 12.0 Å². The number of nitrogens with zero attached hydrogens (tertiary/aromatic N) is 1. The van der Waals surface area contributed by atoms with Gasteiger partial charge in [0.15, 0.2) is 6.10 Å². The Kier molecular flexibility index (Phi) is 4.30. The van der Waals surface area contributed by atoms with E-state index in [1.165, 1.54) is 4.90 Å². The van der Waals surface area contributed by atoms with Crippen LogP contribution in [0.4, 0.5) is 4.79 Å². The van der Waals surface area contributed by atoms with Crippen LogP contribution in [0.25, 0.3) is 0 Å². The lowest BCUT2D eigenvalue weighted by Gasteiger charge is -2.19. The number of carbonyl (C=O) groups excluding carboxylic acids is 1. The molecule has 17 heavy (non-hydrogen) atoms. The normalized spacial score (nSPS) is 25.7. The highest BCUT2D eigenvalue weighted by Gasteiger charge is 2.33. The summed E-state index contributed by atoms with van der Waals surface area (Å²) in [5.41, 5.74) is -0.849. The molecule has 98 valence electrons. The van der Waals surface area contributed by atoms with Crippen LogP contribution in [0.2, 0.25) is 0 Å². The highest BCUT2D eigenvalue weighted by atomic mass is 16.4. The van der Waals surface area contributed by atoms with E-state index in [1.54, 1.807) is 6.92 Å². The zero-order chi connectivity index (χ0) is 13.1. The number of aliphatic carboxylic acids is 1. The molecule has 4 N–H and O–H groups in total. The molecule has 1 heterocycles. The number of aliphatic hydroxyl groups is 2. The monoisotopic (exact) mass is 246 g/mol. The number of hydrogen-bond acceptors (Lipinski definition) is 4. The SMILES string of the molecule is CC1(O)CCN(C(=O)NCC[C@H](O)C(=O)O)C1. The molecule has 1 saturated heterocycles. The van der Waals surface area contributed by atoms with Gasteiger partial charge in [0.1, 0.15) is 0 Å². The number of rotatable bonds is 4. The molecule has 7 heteroatoms. The molecule has 1 rings (SSSR count). The molecule has 1 fully saturated rings. The first kappa shape index (κ1) is 13.7. The molecule has 0 aliphatic carbocycles. The van der Waals surface area contributed by atoms with Crippen LogP contribution >= 0.6 is 0 Å². The van der Waals surface area contributed by atoms with E-state index in [-0.39, 0.29) is 25.5 Å². The Balaban J connectivity index is 2.25. The Morgan fingerprint density at radius 2 is 2.18 bits per heavy atom. The summed E-state index contributed by atoms with van der Waals surface area (Å²) in [6.45, 7) is 2.49. The Bertz CT molecular complexity index is 305. The number of β-amino-alcohol motifs (C(OH)–C–C–N with tert-alkyl or cyclic N) is 1. The minimum absolute atomic E-state index is 0.0364. The first-order valence-electron chi connectivity index (χ1n) is 5.48. The van der Waals surface area contributed by atoms with Crippen LogP contribution < -0.4 is 5.32 Å². The molecule has 0 saturated carbocycles. The highest BCUT2D eigenvalue weighted by molar-refractivity contribution is 5.75. The molecule has 1 aliphatic heterocycles. The van der Waals surface area contributed by atoms with E-state index in [9.17, 15) is 14.7 Å². The molecule has 0 aromatic rings. The number of carboxylic acid groups (broad SMARTS) is 1. The minimum atomic E-state index is -1.46. The van der Waals surface area contributed by atoms with Gasteiger partial charge in [0.25, 0.3) is 0 Å². The minimum Gasteiger partial charge on any atom is -0.479 e. The number of carboxylic acids is 1. The fraction of sp³-hybridized carbons (Fsp3) is 0.800. The highest BCUT2D eigenvalue weighted by Crippen LogP contribution is 2.19. The second-order valence-electron chi connectivity index (χ2n) is 4.54. The predicted octanol–water partition coefficient (Wildman–Crippen LogP) is -1.01. The van der Waals surface area contributed by atoms with Gasteiger partial charge in [-0.25, -0.2) is 9.59 Å². The van der Waals surface area contributed by atoms with Gasteiger partial charge in [-0.3, -0.25) is 0 Å². The number of nitrogens with one attached hydrogen (secondary N) is 1. The van der Waals surface area contributed by atoms with Gasteiger partial charge in [0, 0.05) is 19.5 Å². The van der Waals surface area contributed by atoms with Crippen molar-refractivity contribution in [3.63, 3.8) is 0 Å². The number of aliphatic hydroxyl groups excluding tert-OH is 1. The Morgan fingerprint density at radius 1 is 1.53 bits per heavy atom. The lowest BCUT2D eigenvalue weighted by Crippen LogP contribution is -2.42. The van der Waals surface area contributed by atoms with Crippen molar-refractivity contribution in [1.29, 1.82) is 0 Å².